The summed E-state index contributed by atoms with van der Waals surface area (Å²) in [7, 11) is 0. The standard InChI is InChI=1S/C25H23NO/c1-18-12-14-21-15-17-23(25(27)24(21)26-18)22(20-10-6-3-7-11-20)16-13-19-8-4-2-5-9-19/h2-12,14-15,17,22,27H,13,16H2,1H3. The molecule has 4 aromatic rings. The fraction of sp³-hybridized carbons (Fsp3) is 0.160. The number of aryl methyl sites for hydroxylation is 2. The second-order valence-electron chi connectivity index (χ2n) is 7.02. The third-order valence-electron chi connectivity index (χ3n) is 5.15. The summed E-state index contributed by atoms with van der Waals surface area (Å²) >= 11 is 0. The van der Waals surface area contributed by atoms with Gasteiger partial charge in [0.05, 0.1) is 0 Å². The summed E-state index contributed by atoms with van der Waals surface area (Å²) < 4.78 is 0. The highest BCUT2D eigenvalue weighted by Gasteiger charge is 2.20. The van der Waals surface area contributed by atoms with E-state index in [0.29, 0.717) is 11.3 Å². The van der Waals surface area contributed by atoms with Gasteiger partial charge in [-0.1, -0.05) is 78.9 Å². The van der Waals surface area contributed by atoms with Crippen LogP contribution in [0.5, 0.6) is 5.75 Å². The van der Waals surface area contributed by atoms with Crippen LogP contribution in [-0.4, -0.2) is 10.1 Å². The zero-order valence-electron chi connectivity index (χ0n) is 15.5. The lowest BCUT2D eigenvalue weighted by Crippen LogP contribution is -2.04. The second kappa shape index (κ2) is 7.63. The molecule has 0 saturated carbocycles. The van der Waals surface area contributed by atoms with Crippen molar-refractivity contribution in [2.24, 2.45) is 0 Å². The summed E-state index contributed by atoms with van der Waals surface area (Å²) in [5, 5.41) is 12.0. The molecule has 1 heterocycles. The molecule has 0 aliphatic carbocycles. The number of pyridine rings is 1. The van der Waals surface area contributed by atoms with E-state index in [0.717, 1.165) is 29.5 Å². The lowest BCUT2D eigenvalue weighted by Gasteiger charge is -2.20. The summed E-state index contributed by atoms with van der Waals surface area (Å²) in [6.07, 6.45) is 1.89. The molecular weight excluding hydrogens is 330 g/mol. The molecule has 3 aromatic carbocycles. The number of aromatic hydroxyl groups is 1. The molecule has 0 aliphatic heterocycles. The molecule has 0 aliphatic rings. The molecule has 0 amide bonds. The van der Waals surface area contributed by atoms with Crippen molar-refractivity contribution in [2.75, 3.05) is 0 Å². The number of phenols is 1. The highest BCUT2D eigenvalue weighted by atomic mass is 16.3. The molecule has 2 heteroatoms. The molecule has 0 bridgehead atoms. The summed E-state index contributed by atoms with van der Waals surface area (Å²) in [5.41, 5.74) is 5.08. The topological polar surface area (TPSA) is 33.1 Å². The van der Waals surface area contributed by atoms with Crippen LogP contribution in [0.3, 0.4) is 0 Å². The Balaban J connectivity index is 1.76. The van der Waals surface area contributed by atoms with Crippen LogP contribution in [0.15, 0.2) is 84.9 Å². The van der Waals surface area contributed by atoms with Crippen LogP contribution in [-0.2, 0) is 6.42 Å². The number of aromatic nitrogens is 1. The van der Waals surface area contributed by atoms with Crippen molar-refractivity contribution in [2.45, 2.75) is 25.7 Å². The van der Waals surface area contributed by atoms with E-state index in [4.69, 9.17) is 0 Å². The zero-order valence-corrected chi connectivity index (χ0v) is 15.5. The quantitative estimate of drug-likeness (QED) is 0.476. The van der Waals surface area contributed by atoms with Gasteiger partial charge in [-0.2, -0.15) is 0 Å². The van der Waals surface area contributed by atoms with Crippen LogP contribution in [0.2, 0.25) is 0 Å². The Labute approximate surface area is 160 Å². The minimum atomic E-state index is 0.123. The monoisotopic (exact) mass is 353 g/mol. The van der Waals surface area contributed by atoms with E-state index in [2.05, 4.69) is 65.6 Å². The molecule has 1 aromatic heterocycles. The van der Waals surface area contributed by atoms with Crippen molar-refractivity contribution >= 4 is 10.9 Å². The van der Waals surface area contributed by atoms with E-state index >= 15 is 0 Å². The van der Waals surface area contributed by atoms with Crippen LogP contribution in [0.4, 0.5) is 0 Å². The molecule has 0 radical (unpaired) electrons. The van der Waals surface area contributed by atoms with Crippen LogP contribution in [0, 0.1) is 6.92 Å². The molecule has 1 N–H and O–H groups in total. The van der Waals surface area contributed by atoms with Gasteiger partial charge in [0, 0.05) is 22.6 Å². The van der Waals surface area contributed by atoms with E-state index in [1.165, 1.54) is 11.1 Å². The highest BCUT2D eigenvalue weighted by Crippen LogP contribution is 2.38. The van der Waals surface area contributed by atoms with Gasteiger partial charge in [-0.15, -0.1) is 0 Å². The number of nitrogens with zero attached hydrogens (tertiary/aromatic N) is 1. The predicted molar refractivity (Wildman–Crippen MR) is 111 cm³/mol. The molecule has 1 unspecified atom stereocenters. The lowest BCUT2D eigenvalue weighted by molar-refractivity contribution is 0.468. The SMILES string of the molecule is Cc1ccc2ccc(C(CCc3ccccc3)c3ccccc3)c(O)c2n1. The molecular formula is C25H23NO. The Bertz CT molecular complexity index is 1040. The maximum Gasteiger partial charge on any atom is 0.145 e. The summed E-state index contributed by atoms with van der Waals surface area (Å²) in [4.78, 5) is 4.58. The third kappa shape index (κ3) is 3.70. The average molecular weight is 353 g/mol. The van der Waals surface area contributed by atoms with Gasteiger partial charge >= 0.3 is 0 Å². The fourth-order valence-corrected chi connectivity index (χ4v) is 3.71. The maximum atomic E-state index is 11.0. The van der Waals surface area contributed by atoms with Crippen molar-refractivity contribution in [3.8, 4) is 5.75 Å². The zero-order chi connectivity index (χ0) is 18.6. The van der Waals surface area contributed by atoms with Crippen LogP contribution in [0.1, 0.15) is 34.7 Å². The Kier molecular flexibility index (Phi) is 4.88. The number of hydrogen-bond acceptors (Lipinski definition) is 2. The molecule has 0 saturated heterocycles. The largest absolute Gasteiger partial charge is 0.505 e. The predicted octanol–water partition coefficient (Wildman–Crippen LogP) is 6.01. The first-order valence-corrected chi connectivity index (χ1v) is 9.40. The van der Waals surface area contributed by atoms with E-state index in [1.807, 2.05) is 31.2 Å². The number of hydrogen-bond donors (Lipinski definition) is 1. The van der Waals surface area contributed by atoms with Crippen molar-refractivity contribution in [1.29, 1.82) is 0 Å². The Morgan fingerprint density at radius 3 is 2.22 bits per heavy atom. The first kappa shape index (κ1) is 17.3. The van der Waals surface area contributed by atoms with Crippen molar-refractivity contribution in [3.05, 3.63) is 107 Å². The van der Waals surface area contributed by atoms with Crippen LogP contribution >= 0.6 is 0 Å². The lowest BCUT2D eigenvalue weighted by atomic mass is 9.85. The van der Waals surface area contributed by atoms with E-state index in [-0.39, 0.29) is 5.92 Å². The number of rotatable bonds is 5. The van der Waals surface area contributed by atoms with Gasteiger partial charge in [-0.3, -0.25) is 0 Å². The summed E-state index contributed by atoms with van der Waals surface area (Å²) in [6, 6.07) is 29.1. The maximum absolute atomic E-state index is 11.0. The number of fused-ring (bicyclic) bond motifs is 1. The normalized spacial score (nSPS) is 12.2. The Morgan fingerprint density at radius 2 is 1.48 bits per heavy atom. The van der Waals surface area contributed by atoms with Gasteiger partial charge in [-0.05, 0) is 37.0 Å². The molecule has 0 fully saturated rings. The van der Waals surface area contributed by atoms with Gasteiger partial charge < -0.3 is 5.11 Å². The third-order valence-corrected chi connectivity index (χ3v) is 5.15. The molecule has 134 valence electrons. The minimum Gasteiger partial charge on any atom is -0.505 e. The van der Waals surface area contributed by atoms with Crippen molar-refractivity contribution in [1.82, 2.24) is 4.98 Å². The van der Waals surface area contributed by atoms with Crippen molar-refractivity contribution < 1.29 is 5.11 Å². The van der Waals surface area contributed by atoms with E-state index in [1.54, 1.807) is 0 Å². The highest BCUT2D eigenvalue weighted by molar-refractivity contribution is 5.86. The summed E-state index contributed by atoms with van der Waals surface area (Å²) in [6.45, 7) is 1.95. The van der Waals surface area contributed by atoms with Gasteiger partial charge in [0.2, 0.25) is 0 Å². The average Bonchev–Trinajstić information content (AvgIpc) is 2.71. The first-order valence-electron chi connectivity index (χ1n) is 9.40. The van der Waals surface area contributed by atoms with Crippen LogP contribution < -0.4 is 0 Å². The molecule has 1 atom stereocenters. The molecule has 4 rings (SSSR count). The van der Waals surface area contributed by atoms with Gasteiger partial charge in [0.1, 0.15) is 11.3 Å². The minimum absolute atomic E-state index is 0.123. The molecule has 0 spiro atoms. The second-order valence-corrected chi connectivity index (χ2v) is 7.02. The summed E-state index contributed by atoms with van der Waals surface area (Å²) in [5.74, 6) is 0.427. The van der Waals surface area contributed by atoms with Gasteiger partial charge in [-0.25, -0.2) is 4.98 Å². The van der Waals surface area contributed by atoms with E-state index < -0.39 is 0 Å². The van der Waals surface area contributed by atoms with E-state index in [9.17, 15) is 5.11 Å². The Hall–Kier alpha value is -3.13. The smallest absolute Gasteiger partial charge is 0.145 e. The fourth-order valence-electron chi connectivity index (χ4n) is 3.71. The van der Waals surface area contributed by atoms with Crippen molar-refractivity contribution in [3.63, 3.8) is 0 Å². The number of benzene rings is 3. The molecule has 27 heavy (non-hydrogen) atoms. The first-order chi connectivity index (χ1) is 13.2. The Morgan fingerprint density at radius 1 is 0.815 bits per heavy atom. The number of phenolic OH excluding ortho intramolecular Hbond substituents is 1. The van der Waals surface area contributed by atoms with Gasteiger partial charge in [0.15, 0.2) is 0 Å². The van der Waals surface area contributed by atoms with Crippen LogP contribution in [0.25, 0.3) is 10.9 Å². The van der Waals surface area contributed by atoms with Gasteiger partial charge in [0.25, 0.3) is 0 Å². The molecule has 2 nitrogen and oxygen atoms in total.